The number of nitrogens with zero attached hydrogens (tertiary/aromatic N) is 2. The molecule has 0 aliphatic rings. The van der Waals surface area contributed by atoms with Crippen LogP contribution in [0.2, 0.25) is 10.0 Å². The fraction of sp³-hybridized carbons (Fsp3) is 0. The first-order chi connectivity index (χ1) is 13.3. The molecule has 0 aliphatic heterocycles. The van der Waals surface area contributed by atoms with Gasteiger partial charge in [0.25, 0.3) is 10.0 Å². The number of anilines is 1. The molecule has 0 fully saturated rings. The largest absolute Gasteiger partial charge is 0.478 e. The Morgan fingerprint density at radius 1 is 1.11 bits per heavy atom. The van der Waals surface area contributed by atoms with E-state index in [1.807, 2.05) is 0 Å². The average Bonchev–Trinajstić information content (AvgIpc) is 2.65. The third-order valence-electron chi connectivity index (χ3n) is 3.45. The van der Waals surface area contributed by atoms with Crippen molar-refractivity contribution < 1.29 is 23.1 Å². The number of carboxylic acids is 1. The zero-order valence-corrected chi connectivity index (χ0v) is 16.2. The molecular weight excluding hydrogens is 429 g/mol. The Hall–Kier alpha value is -2.88. The van der Waals surface area contributed by atoms with Crippen LogP contribution in [0.1, 0.15) is 10.4 Å². The molecule has 0 atom stereocenters. The van der Waals surface area contributed by atoms with E-state index in [0.29, 0.717) is 0 Å². The van der Waals surface area contributed by atoms with Crippen molar-refractivity contribution in [2.75, 3.05) is 4.72 Å². The number of sulfonamides is 1. The lowest BCUT2D eigenvalue weighted by atomic mass is 10.2. The summed E-state index contributed by atoms with van der Waals surface area (Å²) in [5.74, 6) is -1.39. The highest BCUT2D eigenvalue weighted by molar-refractivity contribution is 7.92. The van der Waals surface area contributed by atoms with Crippen LogP contribution in [0, 0.1) is 0 Å². The quantitative estimate of drug-likeness (QED) is 0.593. The molecule has 3 aromatic rings. The Morgan fingerprint density at radius 2 is 1.86 bits per heavy atom. The predicted octanol–water partition coefficient (Wildman–Crippen LogP) is 4.07. The van der Waals surface area contributed by atoms with Gasteiger partial charge < -0.3 is 9.84 Å². The third kappa shape index (κ3) is 4.33. The minimum Gasteiger partial charge on any atom is -0.478 e. The molecule has 0 saturated carbocycles. The summed E-state index contributed by atoms with van der Waals surface area (Å²) >= 11 is 11.7. The first kappa shape index (κ1) is 19.9. The molecule has 0 amide bonds. The maximum atomic E-state index is 12.6. The number of aromatic carboxylic acids is 1. The van der Waals surface area contributed by atoms with Gasteiger partial charge in [-0.05, 0) is 30.3 Å². The van der Waals surface area contributed by atoms with Gasteiger partial charge in [-0.3, -0.25) is 4.72 Å². The number of rotatable bonds is 6. The minimum absolute atomic E-state index is 0.0105. The zero-order chi connectivity index (χ0) is 20.3. The number of benzene rings is 2. The lowest BCUT2D eigenvalue weighted by Crippen LogP contribution is -2.14. The van der Waals surface area contributed by atoms with E-state index in [4.69, 9.17) is 27.9 Å². The van der Waals surface area contributed by atoms with Crippen LogP contribution in [-0.2, 0) is 10.0 Å². The van der Waals surface area contributed by atoms with Gasteiger partial charge >= 0.3 is 5.97 Å². The molecule has 28 heavy (non-hydrogen) atoms. The van der Waals surface area contributed by atoms with Crippen molar-refractivity contribution in [3.8, 4) is 11.6 Å². The Labute approximate surface area is 169 Å². The predicted molar refractivity (Wildman–Crippen MR) is 103 cm³/mol. The molecule has 0 spiro atoms. The molecule has 2 N–H and O–H groups in total. The monoisotopic (exact) mass is 439 g/mol. The molecule has 3 rings (SSSR count). The van der Waals surface area contributed by atoms with Crippen molar-refractivity contribution in [2.45, 2.75) is 4.90 Å². The lowest BCUT2D eigenvalue weighted by molar-refractivity contribution is 0.0694. The summed E-state index contributed by atoms with van der Waals surface area (Å²) in [6.07, 6.45) is 2.32. The fourth-order valence-corrected chi connectivity index (χ4v) is 3.58. The van der Waals surface area contributed by atoms with E-state index in [9.17, 15) is 18.3 Å². The summed E-state index contributed by atoms with van der Waals surface area (Å²) in [6, 6.07) is 9.69. The molecule has 1 aromatic heterocycles. The van der Waals surface area contributed by atoms with Gasteiger partial charge in [0.05, 0.1) is 21.1 Å². The summed E-state index contributed by atoms with van der Waals surface area (Å²) < 4.78 is 33.1. The number of hydrogen-bond acceptors (Lipinski definition) is 6. The number of hydrogen-bond donors (Lipinski definition) is 2. The van der Waals surface area contributed by atoms with Crippen LogP contribution in [0.3, 0.4) is 0 Å². The van der Waals surface area contributed by atoms with Crippen LogP contribution < -0.4 is 9.46 Å². The first-order valence-corrected chi connectivity index (χ1v) is 9.80. The minimum atomic E-state index is -4.06. The van der Waals surface area contributed by atoms with Crippen molar-refractivity contribution in [2.24, 2.45) is 0 Å². The standard InChI is InChI=1S/C17H11Cl2N3O5S/c18-12-6-5-10(7-13(12)19)28(25,26)22-14-8-20-9-21-16(14)27-15-4-2-1-3-11(15)17(23)24/h1-9,22H,(H,23,24). The summed E-state index contributed by atoms with van der Waals surface area (Å²) in [6.45, 7) is 0. The number of halogens is 2. The molecule has 11 heteroatoms. The van der Waals surface area contributed by atoms with Gasteiger partial charge in [0.2, 0.25) is 5.88 Å². The second kappa shape index (κ2) is 8.01. The van der Waals surface area contributed by atoms with E-state index in [0.717, 1.165) is 6.33 Å². The molecule has 8 nitrogen and oxygen atoms in total. The van der Waals surface area contributed by atoms with E-state index in [-0.39, 0.29) is 37.8 Å². The van der Waals surface area contributed by atoms with Crippen molar-refractivity contribution in [1.82, 2.24) is 9.97 Å². The number of carbonyl (C=O) groups is 1. The second-order valence-electron chi connectivity index (χ2n) is 5.33. The van der Waals surface area contributed by atoms with Gasteiger partial charge in [-0.2, -0.15) is 4.98 Å². The average molecular weight is 440 g/mol. The lowest BCUT2D eigenvalue weighted by Gasteiger charge is -2.13. The second-order valence-corrected chi connectivity index (χ2v) is 7.82. The molecule has 0 unspecified atom stereocenters. The summed E-state index contributed by atoms with van der Waals surface area (Å²) in [5, 5.41) is 9.53. The van der Waals surface area contributed by atoms with E-state index >= 15 is 0 Å². The topological polar surface area (TPSA) is 118 Å². The first-order valence-electron chi connectivity index (χ1n) is 7.56. The summed E-state index contributed by atoms with van der Waals surface area (Å²) in [5.41, 5.74) is -0.201. The Balaban J connectivity index is 1.95. The van der Waals surface area contributed by atoms with Crippen LogP contribution in [0.15, 0.2) is 59.9 Å². The van der Waals surface area contributed by atoms with Gasteiger partial charge in [-0.25, -0.2) is 18.2 Å². The van der Waals surface area contributed by atoms with Gasteiger partial charge in [-0.15, -0.1) is 0 Å². The highest BCUT2D eigenvalue weighted by Gasteiger charge is 2.20. The van der Waals surface area contributed by atoms with E-state index in [1.165, 1.54) is 42.6 Å². The number of nitrogens with one attached hydrogen (secondary N) is 1. The number of ether oxygens (including phenoxy) is 1. The molecular formula is C17H11Cl2N3O5S. The van der Waals surface area contributed by atoms with Crippen LogP contribution in [0.25, 0.3) is 0 Å². The number of para-hydroxylation sites is 1. The van der Waals surface area contributed by atoms with E-state index in [1.54, 1.807) is 6.07 Å². The molecule has 0 aliphatic carbocycles. The molecule has 2 aromatic carbocycles. The van der Waals surface area contributed by atoms with Gasteiger partial charge in [0, 0.05) is 0 Å². The van der Waals surface area contributed by atoms with Crippen LogP contribution >= 0.6 is 23.2 Å². The van der Waals surface area contributed by atoms with Crippen LogP contribution in [0.4, 0.5) is 5.69 Å². The van der Waals surface area contributed by atoms with Gasteiger partial charge in [-0.1, -0.05) is 35.3 Å². The van der Waals surface area contributed by atoms with Gasteiger partial charge in [0.1, 0.15) is 23.3 Å². The number of carboxylic acid groups (broad SMARTS) is 1. The third-order valence-corrected chi connectivity index (χ3v) is 5.55. The number of aromatic nitrogens is 2. The molecule has 0 radical (unpaired) electrons. The zero-order valence-electron chi connectivity index (χ0n) is 13.8. The molecule has 144 valence electrons. The maximum Gasteiger partial charge on any atom is 0.339 e. The Morgan fingerprint density at radius 3 is 2.57 bits per heavy atom. The maximum absolute atomic E-state index is 12.6. The van der Waals surface area contributed by atoms with E-state index < -0.39 is 16.0 Å². The SMILES string of the molecule is O=C(O)c1ccccc1Oc1ncncc1NS(=O)(=O)c1ccc(Cl)c(Cl)c1. The van der Waals surface area contributed by atoms with Crippen molar-refractivity contribution in [3.63, 3.8) is 0 Å². The van der Waals surface area contributed by atoms with Crippen molar-refractivity contribution in [3.05, 3.63) is 70.6 Å². The smallest absolute Gasteiger partial charge is 0.339 e. The van der Waals surface area contributed by atoms with Gasteiger partial charge in [0.15, 0.2) is 0 Å². The molecule has 0 bridgehead atoms. The Kier molecular flexibility index (Phi) is 5.68. The normalized spacial score (nSPS) is 11.1. The highest BCUT2D eigenvalue weighted by atomic mass is 35.5. The van der Waals surface area contributed by atoms with Crippen molar-refractivity contribution >= 4 is 44.9 Å². The molecule has 1 heterocycles. The van der Waals surface area contributed by atoms with Crippen LogP contribution in [-0.4, -0.2) is 29.5 Å². The van der Waals surface area contributed by atoms with Crippen LogP contribution in [0.5, 0.6) is 11.6 Å². The summed E-state index contributed by atoms with van der Waals surface area (Å²) in [4.78, 5) is 18.8. The van der Waals surface area contributed by atoms with Crippen molar-refractivity contribution in [1.29, 1.82) is 0 Å². The fourth-order valence-electron chi connectivity index (χ4n) is 2.15. The molecule has 0 saturated heterocycles. The summed E-state index contributed by atoms with van der Waals surface area (Å²) in [7, 11) is -4.06. The highest BCUT2D eigenvalue weighted by Crippen LogP contribution is 2.31. The van der Waals surface area contributed by atoms with E-state index in [2.05, 4.69) is 14.7 Å². The Bertz CT molecular complexity index is 1160.